The van der Waals surface area contributed by atoms with Crippen molar-refractivity contribution < 1.29 is 23.9 Å². The minimum atomic E-state index is -0.749. The largest absolute Gasteiger partial charge is 0.448 e. The van der Waals surface area contributed by atoms with Crippen molar-refractivity contribution in [3.63, 3.8) is 0 Å². The first-order chi connectivity index (χ1) is 22.3. The number of ether oxygens (including phenoxy) is 1. The number of hydrogen-bond donors (Lipinski definition) is 6. The molecule has 0 radical (unpaired) electrons. The highest BCUT2D eigenvalue weighted by atomic mass is 16.6. The van der Waals surface area contributed by atoms with Crippen molar-refractivity contribution in [3.05, 3.63) is 71.4 Å². The monoisotopic (exact) mass is 631 g/mol. The molecule has 1 saturated heterocycles. The van der Waals surface area contributed by atoms with Gasteiger partial charge in [0.25, 0.3) is 0 Å². The highest BCUT2D eigenvalue weighted by Crippen LogP contribution is 2.44. The van der Waals surface area contributed by atoms with Crippen LogP contribution in [0.2, 0.25) is 0 Å². The van der Waals surface area contributed by atoms with Crippen LogP contribution < -0.4 is 32.5 Å². The average Bonchev–Trinajstić information content (AvgIpc) is 3.63. The third kappa shape index (κ3) is 7.68. The molecule has 2 aliphatic carbocycles. The number of carbonyl (C=O) groups excluding carboxylic acids is 4. The number of benzene rings is 2. The molecular weight excluding hydrogens is 586 g/mol. The zero-order chi connectivity index (χ0) is 32.6. The Labute approximate surface area is 269 Å². The molecule has 2 fully saturated rings. The van der Waals surface area contributed by atoms with Crippen molar-refractivity contribution in [2.24, 2.45) is 11.7 Å². The number of amides is 5. The molecule has 0 aromatic heterocycles. The molecule has 0 spiro atoms. The molecule has 2 aromatic carbocycles. The molecule has 0 bridgehead atoms. The number of rotatable bonds is 10. The van der Waals surface area contributed by atoms with Crippen molar-refractivity contribution in [1.82, 2.24) is 31.7 Å². The number of allylic oxidation sites excluding steroid dienone is 1. The Kier molecular flexibility index (Phi) is 10.9. The molecule has 3 aliphatic rings. The quantitative estimate of drug-likeness (QED) is 0.219. The van der Waals surface area contributed by atoms with Crippen LogP contribution in [-0.2, 0) is 14.3 Å². The fraction of sp³-hybridized carbons (Fsp3) is 0.471. The van der Waals surface area contributed by atoms with E-state index in [4.69, 9.17) is 10.5 Å². The third-order valence-electron chi connectivity index (χ3n) is 9.25. The van der Waals surface area contributed by atoms with Gasteiger partial charge in [-0.15, -0.1) is 0 Å². The normalized spacial score (nSPS) is 21.1. The molecule has 7 N–H and O–H groups in total. The first-order valence-corrected chi connectivity index (χ1v) is 16.1. The molecule has 0 unspecified atom stereocenters. The second-order valence-corrected chi connectivity index (χ2v) is 12.3. The minimum absolute atomic E-state index is 0.0183. The predicted molar refractivity (Wildman–Crippen MR) is 174 cm³/mol. The number of hydrogen-bond acceptors (Lipinski definition) is 7. The first kappa shape index (κ1) is 33.0. The smallest absolute Gasteiger partial charge is 0.410 e. The fourth-order valence-corrected chi connectivity index (χ4v) is 6.65. The van der Waals surface area contributed by atoms with E-state index in [0.717, 1.165) is 53.5 Å². The van der Waals surface area contributed by atoms with E-state index in [1.807, 2.05) is 31.2 Å². The summed E-state index contributed by atoms with van der Waals surface area (Å²) in [6.07, 6.45) is 5.10. The first-order valence-electron chi connectivity index (χ1n) is 16.1. The molecule has 46 heavy (non-hydrogen) atoms. The standard InChI is InChI=1S/C34H45N7O5/c1-3-24(18-38-40-33(44)37-17-21-12-14-22(15-13-21)31(42)36-2)39-32(43)30-16-23(35)19-41(30)34(45)46-20-29-27-10-6-4-8-25(27)26-9-5-7-11-28(26)29/h4-11,17,22-24,29-30,38H,3,12-16,18-20,35H2,1-2H3,(H,36,42)(H,39,43)(H2,37,40,44)/t22?,23-,24+,30+/m1/s1. The van der Waals surface area contributed by atoms with Crippen molar-refractivity contribution in [2.75, 3.05) is 26.7 Å². The summed E-state index contributed by atoms with van der Waals surface area (Å²) < 4.78 is 5.82. The second kappa shape index (κ2) is 15.2. The lowest BCUT2D eigenvalue weighted by Crippen LogP contribution is -2.53. The van der Waals surface area contributed by atoms with Gasteiger partial charge in [0.1, 0.15) is 12.6 Å². The zero-order valence-electron chi connectivity index (χ0n) is 26.5. The summed E-state index contributed by atoms with van der Waals surface area (Å²) in [6.45, 7) is 2.60. The summed E-state index contributed by atoms with van der Waals surface area (Å²) in [6, 6.07) is 14.5. The van der Waals surface area contributed by atoms with Crippen LogP contribution in [0.3, 0.4) is 0 Å². The van der Waals surface area contributed by atoms with Crippen LogP contribution >= 0.6 is 0 Å². The number of nitrogens with two attached hydrogens (primary N) is 1. The van der Waals surface area contributed by atoms with Gasteiger partial charge in [-0.3, -0.25) is 19.9 Å². The van der Waals surface area contributed by atoms with Crippen molar-refractivity contribution in [2.45, 2.75) is 69.5 Å². The van der Waals surface area contributed by atoms with Gasteiger partial charge in [-0.1, -0.05) is 61.0 Å². The van der Waals surface area contributed by atoms with Crippen molar-refractivity contribution >= 4 is 23.9 Å². The predicted octanol–water partition coefficient (Wildman–Crippen LogP) is 2.86. The second-order valence-electron chi connectivity index (χ2n) is 12.3. The third-order valence-corrected chi connectivity index (χ3v) is 9.25. The number of carbonyl (C=O) groups is 4. The van der Waals surface area contributed by atoms with Crippen LogP contribution in [0.25, 0.3) is 11.1 Å². The number of urea groups is 1. The van der Waals surface area contributed by atoms with Gasteiger partial charge in [0.05, 0.1) is 0 Å². The highest BCUT2D eigenvalue weighted by molar-refractivity contribution is 5.87. The molecule has 5 amide bonds. The molecule has 1 aliphatic heterocycles. The van der Waals surface area contributed by atoms with Crippen LogP contribution in [0.5, 0.6) is 0 Å². The Bertz CT molecular complexity index is 1410. The Morgan fingerprint density at radius 1 is 1.00 bits per heavy atom. The van der Waals surface area contributed by atoms with Gasteiger partial charge in [-0.2, -0.15) is 0 Å². The summed E-state index contributed by atoms with van der Waals surface area (Å²) in [7, 11) is 1.65. The molecule has 246 valence electrons. The number of nitrogens with one attached hydrogen (secondary N) is 5. The van der Waals surface area contributed by atoms with Crippen LogP contribution in [0, 0.1) is 5.92 Å². The summed E-state index contributed by atoms with van der Waals surface area (Å²) in [5, 5.41) is 8.40. The highest BCUT2D eigenvalue weighted by Gasteiger charge is 2.40. The van der Waals surface area contributed by atoms with E-state index >= 15 is 0 Å². The molecule has 1 heterocycles. The topological polar surface area (TPSA) is 167 Å². The molecule has 12 nitrogen and oxygen atoms in total. The Hall–Kier alpha value is -4.42. The zero-order valence-corrected chi connectivity index (χ0v) is 26.5. The van der Waals surface area contributed by atoms with Crippen LogP contribution in [-0.4, -0.2) is 73.7 Å². The lowest BCUT2D eigenvalue weighted by Gasteiger charge is -2.26. The number of likely N-dealkylation sites (tertiary alicyclic amines) is 1. The molecule has 3 atom stereocenters. The minimum Gasteiger partial charge on any atom is -0.448 e. The van der Waals surface area contributed by atoms with E-state index in [0.29, 0.717) is 12.8 Å². The molecule has 12 heteroatoms. The van der Waals surface area contributed by atoms with E-state index in [-0.39, 0.29) is 55.4 Å². The molecule has 2 aromatic rings. The van der Waals surface area contributed by atoms with Gasteiger partial charge in [-0.25, -0.2) is 15.0 Å². The number of fused-ring (bicyclic) bond motifs is 3. The SMILES string of the molecule is CC[C@@H](CNNC(=O)NC=C1CCC(C(=O)NC)CC1)NC(=O)[C@@H]1C[C@@H](N)CN1C(=O)OCC1c2ccccc2-c2ccccc21. The van der Waals surface area contributed by atoms with Crippen LogP contribution in [0.1, 0.15) is 62.5 Å². The maximum absolute atomic E-state index is 13.3. The summed E-state index contributed by atoms with van der Waals surface area (Å²) in [4.78, 5) is 52.2. The fourth-order valence-electron chi connectivity index (χ4n) is 6.65. The van der Waals surface area contributed by atoms with Crippen LogP contribution in [0.4, 0.5) is 9.59 Å². The number of hydrazine groups is 1. The summed E-state index contributed by atoms with van der Waals surface area (Å²) >= 11 is 0. The lowest BCUT2D eigenvalue weighted by molar-refractivity contribution is -0.126. The van der Waals surface area contributed by atoms with Crippen molar-refractivity contribution in [1.29, 1.82) is 0 Å². The van der Waals surface area contributed by atoms with Crippen LogP contribution in [0.15, 0.2) is 60.3 Å². The Morgan fingerprint density at radius 3 is 2.28 bits per heavy atom. The van der Waals surface area contributed by atoms with E-state index in [2.05, 4.69) is 51.1 Å². The summed E-state index contributed by atoms with van der Waals surface area (Å²) in [5.41, 5.74) is 17.3. The van der Waals surface area contributed by atoms with Gasteiger partial charge < -0.3 is 26.4 Å². The van der Waals surface area contributed by atoms with Gasteiger partial charge in [-0.05, 0) is 60.8 Å². The Morgan fingerprint density at radius 2 is 1.65 bits per heavy atom. The summed E-state index contributed by atoms with van der Waals surface area (Å²) in [5.74, 6) is -0.311. The Balaban J connectivity index is 1.08. The number of nitrogens with zero attached hydrogens (tertiary/aromatic N) is 1. The maximum Gasteiger partial charge on any atom is 0.410 e. The molecule has 5 rings (SSSR count). The van der Waals surface area contributed by atoms with E-state index < -0.39 is 18.2 Å². The van der Waals surface area contributed by atoms with Gasteiger partial charge in [0.15, 0.2) is 0 Å². The lowest BCUT2D eigenvalue weighted by atomic mass is 9.86. The van der Waals surface area contributed by atoms with Gasteiger partial charge >= 0.3 is 12.1 Å². The molecule has 1 saturated carbocycles. The van der Waals surface area contributed by atoms with Gasteiger partial charge in [0, 0.05) is 50.3 Å². The van der Waals surface area contributed by atoms with Gasteiger partial charge in [0.2, 0.25) is 11.8 Å². The van der Waals surface area contributed by atoms with E-state index in [1.54, 1.807) is 13.2 Å². The average molecular weight is 632 g/mol. The molecular formula is C34H45N7O5. The van der Waals surface area contributed by atoms with Crippen molar-refractivity contribution in [3.8, 4) is 11.1 Å². The van der Waals surface area contributed by atoms with E-state index in [1.165, 1.54) is 4.90 Å². The van der Waals surface area contributed by atoms with E-state index in [9.17, 15) is 19.2 Å². The maximum atomic E-state index is 13.3.